The molecule has 0 saturated carbocycles. The van der Waals surface area contributed by atoms with Crippen LogP contribution in [0.15, 0.2) is 28.7 Å². The van der Waals surface area contributed by atoms with Crippen molar-refractivity contribution >= 4 is 15.9 Å². The highest BCUT2D eigenvalue weighted by molar-refractivity contribution is 9.10. The van der Waals surface area contributed by atoms with Crippen molar-refractivity contribution in [3.63, 3.8) is 0 Å². The third-order valence-electron chi connectivity index (χ3n) is 4.00. The molecule has 0 bridgehead atoms. The van der Waals surface area contributed by atoms with Crippen LogP contribution in [-0.4, -0.2) is 25.8 Å². The molecule has 0 spiro atoms. The predicted octanol–water partition coefficient (Wildman–Crippen LogP) is 2.86. The fraction of sp³-hybridized carbons (Fsp3) is 0.571. The van der Waals surface area contributed by atoms with E-state index in [2.05, 4.69) is 45.5 Å². The lowest BCUT2D eigenvalue weighted by molar-refractivity contribution is -0.0682. The molecule has 2 nitrogen and oxygen atoms in total. The molecule has 0 aliphatic carbocycles. The van der Waals surface area contributed by atoms with Gasteiger partial charge in [0, 0.05) is 15.9 Å². The van der Waals surface area contributed by atoms with Gasteiger partial charge in [0.05, 0.1) is 13.2 Å². The lowest BCUT2D eigenvalue weighted by Crippen LogP contribution is -2.50. The Kier molecular flexibility index (Phi) is 3.24. The molecule has 2 saturated heterocycles. The third kappa shape index (κ3) is 2.16. The van der Waals surface area contributed by atoms with Crippen LogP contribution in [0.2, 0.25) is 0 Å². The Hall–Kier alpha value is -0.380. The van der Waals surface area contributed by atoms with Crippen molar-refractivity contribution in [1.29, 1.82) is 0 Å². The molecule has 3 rings (SSSR count). The van der Waals surface area contributed by atoms with Crippen LogP contribution in [0.4, 0.5) is 0 Å². The normalized spacial score (nSPS) is 26.8. The van der Waals surface area contributed by atoms with Crippen LogP contribution >= 0.6 is 15.9 Å². The summed E-state index contributed by atoms with van der Waals surface area (Å²) in [6, 6.07) is 9.25. The van der Waals surface area contributed by atoms with E-state index in [0.29, 0.717) is 6.04 Å². The van der Waals surface area contributed by atoms with Crippen molar-refractivity contribution in [2.24, 2.45) is 0 Å². The molecule has 1 unspecified atom stereocenters. The number of ether oxygens (including phenoxy) is 1. The molecule has 1 N–H and O–H groups in total. The van der Waals surface area contributed by atoms with Crippen LogP contribution in [0.5, 0.6) is 0 Å². The van der Waals surface area contributed by atoms with Gasteiger partial charge in [0.25, 0.3) is 0 Å². The summed E-state index contributed by atoms with van der Waals surface area (Å²) in [5.74, 6) is 0. The molecular weight excluding hydrogens is 278 g/mol. The molecule has 92 valence electrons. The molecule has 2 heterocycles. The van der Waals surface area contributed by atoms with Crippen LogP contribution < -0.4 is 5.32 Å². The van der Waals surface area contributed by atoms with Gasteiger partial charge in [-0.3, -0.25) is 0 Å². The van der Waals surface area contributed by atoms with Gasteiger partial charge >= 0.3 is 0 Å². The Morgan fingerprint density at radius 1 is 1.35 bits per heavy atom. The van der Waals surface area contributed by atoms with E-state index in [-0.39, 0.29) is 5.41 Å². The van der Waals surface area contributed by atoms with E-state index in [0.717, 1.165) is 13.2 Å². The minimum Gasteiger partial charge on any atom is -0.379 e. The van der Waals surface area contributed by atoms with Crippen molar-refractivity contribution in [1.82, 2.24) is 5.32 Å². The van der Waals surface area contributed by atoms with Crippen LogP contribution in [0.1, 0.15) is 24.8 Å². The Bertz CT molecular complexity index is 397. The second-order valence-corrected chi connectivity index (χ2v) is 6.10. The van der Waals surface area contributed by atoms with Crippen molar-refractivity contribution in [2.75, 3.05) is 19.8 Å². The zero-order valence-corrected chi connectivity index (χ0v) is 11.5. The van der Waals surface area contributed by atoms with Gasteiger partial charge in [-0.2, -0.15) is 0 Å². The topological polar surface area (TPSA) is 21.3 Å². The zero-order chi connectivity index (χ0) is 11.7. The first-order chi connectivity index (χ1) is 8.30. The Balaban J connectivity index is 1.83. The minimum absolute atomic E-state index is 0.238. The second-order valence-electron chi connectivity index (χ2n) is 5.25. The monoisotopic (exact) mass is 295 g/mol. The van der Waals surface area contributed by atoms with Gasteiger partial charge in [-0.15, -0.1) is 0 Å². The summed E-state index contributed by atoms with van der Waals surface area (Å²) in [4.78, 5) is 0. The molecule has 2 fully saturated rings. The minimum atomic E-state index is 0.238. The van der Waals surface area contributed by atoms with Gasteiger partial charge in [0.2, 0.25) is 0 Å². The molecule has 0 amide bonds. The van der Waals surface area contributed by atoms with E-state index in [1.165, 1.54) is 35.8 Å². The quantitative estimate of drug-likeness (QED) is 0.926. The van der Waals surface area contributed by atoms with E-state index < -0.39 is 0 Å². The molecular formula is C14H18BrNO. The lowest BCUT2D eigenvalue weighted by atomic mass is 9.73. The smallest absolute Gasteiger partial charge is 0.0586 e. The second kappa shape index (κ2) is 4.71. The summed E-state index contributed by atoms with van der Waals surface area (Å²) in [5.41, 5.74) is 1.65. The molecule has 1 atom stereocenters. The van der Waals surface area contributed by atoms with Gasteiger partial charge in [-0.05, 0) is 37.4 Å². The van der Waals surface area contributed by atoms with Crippen molar-refractivity contribution in [3.05, 3.63) is 34.3 Å². The molecule has 17 heavy (non-hydrogen) atoms. The molecule has 1 aromatic carbocycles. The Morgan fingerprint density at radius 3 is 2.76 bits per heavy atom. The first kappa shape index (κ1) is 11.7. The standard InChI is InChI=1S/C14H18BrNO/c15-13-6-2-1-5-12(13)14(9-17-10-14)8-11-4-3-7-16-11/h1-2,5-6,11,16H,3-4,7-10H2. The first-order valence-electron chi connectivity index (χ1n) is 6.36. The molecule has 0 aromatic heterocycles. The van der Waals surface area contributed by atoms with E-state index in [1.54, 1.807) is 0 Å². The summed E-state index contributed by atoms with van der Waals surface area (Å²) < 4.78 is 6.73. The number of nitrogens with one attached hydrogen (secondary N) is 1. The number of benzene rings is 1. The number of hydrogen-bond acceptors (Lipinski definition) is 2. The summed E-state index contributed by atoms with van der Waals surface area (Å²) in [6.07, 6.45) is 3.83. The highest BCUT2D eigenvalue weighted by atomic mass is 79.9. The third-order valence-corrected chi connectivity index (χ3v) is 4.69. The predicted molar refractivity (Wildman–Crippen MR) is 72.3 cm³/mol. The zero-order valence-electron chi connectivity index (χ0n) is 9.92. The van der Waals surface area contributed by atoms with Gasteiger partial charge < -0.3 is 10.1 Å². The van der Waals surface area contributed by atoms with E-state index >= 15 is 0 Å². The van der Waals surface area contributed by atoms with Crippen molar-refractivity contribution < 1.29 is 4.74 Å². The fourth-order valence-corrected chi connectivity index (χ4v) is 3.73. The molecule has 1 aromatic rings. The number of hydrogen-bond donors (Lipinski definition) is 1. The molecule has 2 aliphatic rings. The average molecular weight is 296 g/mol. The van der Waals surface area contributed by atoms with E-state index in [4.69, 9.17) is 4.74 Å². The van der Waals surface area contributed by atoms with Crippen LogP contribution in [0.25, 0.3) is 0 Å². The Morgan fingerprint density at radius 2 is 2.18 bits per heavy atom. The Labute approximate surface area is 111 Å². The summed E-state index contributed by atoms with van der Waals surface area (Å²) in [5, 5.41) is 3.60. The fourth-order valence-electron chi connectivity index (χ4n) is 3.03. The number of halogens is 1. The highest BCUT2D eigenvalue weighted by Gasteiger charge is 2.43. The van der Waals surface area contributed by atoms with Gasteiger partial charge in [0.1, 0.15) is 0 Å². The van der Waals surface area contributed by atoms with E-state index in [9.17, 15) is 0 Å². The van der Waals surface area contributed by atoms with Gasteiger partial charge in [-0.1, -0.05) is 34.1 Å². The highest BCUT2D eigenvalue weighted by Crippen LogP contribution is 2.41. The van der Waals surface area contributed by atoms with Crippen LogP contribution in [0, 0.1) is 0 Å². The average Bonchev–Trinajstić information content (AvgIpc) is 2.77. The maximum Gasteiger partial charge on any atom is 0.0586 e. The van der Waals surface area contributed by atoms with E-state index in [1.807, 2.05) is 0 Å². The van der Waals surface area contributed by atoms with Gasteiger partial charge in [-0.25, -0.2) is 0 Å². The van der Waals surface area contributed by atoms with Crippen molar-refractivity contribution in [2.45, 2.75) is 30.7 Å². The van der Waals surface area contributed by atoms with Crippen LogP contribution in [-0.2, 0) is 10.2 Å². The summed E-state index contributed by atoms with van der Waals surface area (Å²) in [7, 11) is 0. The maximum absolute atomic E-state index is 5.51. The largest absolute Gasteiger partial charge is 0.379 e. The van der Waals surface area contributed by atoms with Gasteiger partial charge in [0.15, 0.2) is 0 Å². The molecule has 0 radical (unpaired) electrons. The molecule has 3 heteroatoms. The lowest BCUT2D eigenvalue weighted by Gasteiger charge is -2.44. The van der Waals surface area contributed by atoms with Crippen LogP contribution in [0.3, 0.4) is 0 Å². The molecule has 2 aliphatic heterocycles. The summed E-state index contributed by atoms with van der Waals surface area (Å²) in [6.45, 7) is 2.92. The number of rotatable bonds is 3. The maximum atomic E-state index is 5.51. The summed E-state index contributed by atoms with van der Waals surface area (Å²) >= 11 is 3.68. The SMILES string of the molecule is Brc1ccccc1C1(CC2CCCN2)COC1. The van der Waals surface area contributed by atoms with Crippen molar-refractivity contribution in [3.8, 4) is 0 Å². The first-order valence-corrected chi connectivity index (χ1v) is 7.16.